The molecule has 0 aliphatic heterocycles. The molecule has 0 spiro atoms. The van der Waals surface area contributed by atoms with Gasteiger partial charge in [0.05, 0.1) is 0 Å². The minimum absolute atomic E-state index is 0.0988. The summed E-state index contributed by atoms with van der Waals surface area (Å²) >= 11 is 0. The lowest BCUT2D eigenvalue weighted by atomic mass is 10.2. The van der Waals surface area contributed by atoms with Crippen LogP contribution >= 0.6 is 0 Å². The molecule has 0 amide bonds. The van der Waals surface area contributed by atoms with E-state index in [4.69, 9.17) is 10.00 Å². The third-order valence-electron chi connectivity index (χ3n) is 2.86. The van der Waals surface area contributed by atoms with Crippen molar-refractivity contribution in [2.24, 2.45) is 5.92 Å². The summed E-state index contributed by atoms with van der Waals surface area (Å²) in [5.74, 6) is 1.57. The highest BCUT2D eigenvalue weighted by atomic mass is 16.5. The molecule has 1 N–H and O–H groups in total. The van der Waals surface area contributed by atoms with Gasteiger partial charge in [0.15, 0.2) is 6.61 Å². The van der Waals surface area contributed by atoms with Crippen molar-refractivity contribution in [2.75, 3.05) is 11.9 Å². The number of anilines is 1. The quantitative estimate of drug-likeness (QED) is 0.823. The lowest BCUT2D eigenvalue weighted by molar-refractivity contribution is 0.368. The first-order chi connectivity index (χ1) is 7.79. The van der Waals surface area contributed by atoms with Crippen molar-refractivity contribution in [2.45, 2.75) is 25.8 Å². The number of nitriles is 1. The highest BCUT2D eigenvalue weighted by Gasteiger charge is 2.27. The van der Waals surface area contributed by atoms with Crippen molar-refractivity contribution >= 4 is 5.69 Å². The summed E-state index contributed by atoms with van der Waals surface area (Å²) in [4.78, 5) is 0. The highest BCUT2D eigenvalue weighted by molar-refractivity contribution is 5.49. The van der Waals surface area contributed by atoms with Gasteiger partial charge in [-0.1, -0.05) is 6.07 Å². The van der Waals surface area contributed by atoms with Crippen LogP contribution in [0.3, 0.4) is 0 Å². The van der Waals surface area contributed by atoms with Gasteiger partial charge < -0.3 is 10.1 Å². The summed E-state index contributed by atoms with van der Waals surface area (Å²) in [5, 5.41) is 11.9. The van der Waals surface area contributed by atoms with Crippen LogP contribution in [0.2, 0.25) is 0 Å². The predicted molar refractivity (Wildman–Crippen MR) is 63.4 cm³/mol. The second-order valence-electron chi connectivity index (χ2n) is 4.25. The van der Waals surface area contributed by atoms with Gasteiger partial charge in [0.1, 0.15) is 11.8 Å². The van der Waals surface area contributed by atoms with Crippen LogP contribution in [0.25, 0.3) is 0 Å². The molecule has 1 saturated carbocycles. The maximum atomic E-state index is 8.43. The Kier molecular flexibility index (Phi) is 3.31. The maximum Gasteiger partial charge on any atom is 0.174 e. The summed E-state index contributed by atoms with van der Waals surface area (Å²) in [5.41, 5.74) is 1.06. The minimum atomic E-state index is 0.0988. The first kappa shape index (κ1) is 10.8. The number of nitrogens with one attached hydrogen (secondary N) is 1. The zero-order chi connectivity index (χ0) is 11.4. The van der Waals surface area contributed by atoms with Gasteiger partial charge in [-0.2, -0.15) is 5.26 Å². The van der Waals surface area contributed by atoms with Crippen molar-refractivity contribution < 1.29 is 4.74 Å². The molecule has 1 aliphatic rings. The van der Waals surface area contributed by atoms with Crippen LogP contribution in [0.5, 0.6) is 5.75 Å². The van der Waals surface area contributed by atoms with E-state index in [1.54, 1.807) is 0 Å². The first-order valence-electron chi connectivity index (χ1n) is 5.66. The molecule has 3 nitrogen and oxygen atoms in total. The fraction of sp³-hybridized carbons (Fsp3) is 0.462. The topological polar surface area (TPSA) is 45.0 Å². The number of hydrogen-bond donors (Lipinski definition) is 1. The predicted octanol–water partition coefficient (Wildman–Crippen LogP) is 2.80. The van der Waals surface area contributed by atoms with Crippen LogP contribution in [0.4, 0.5) is 5.69 Å². The highest BCUT2D eigenvalue weighted by Crippen LogP contribution is 2.34. The Balaban J connectivity index is 1.95. The molecule has 0 bridgehead atoms. The summed E-state index contributed by atoms with van der Waals surface area (Å²) in [7, 11) is 0. The van der Waals surface area contributed by atoms with E-state index >= 15 is 0 Å². The minimum Gasteiger partial charge on any atom is -0.479 e. The van der Waals surface area contributed by atoms with E-state index in [9.17, 15) is 0 Å². The van der Waals surface area contributed by atoms with Crippen LogP contribution in [0, 0.1) is 17.2 Å². The van der Waals surface area contributed by atoms with Gasteiger partial charge >= 0.3 is 0 Å². The second-order valence-corrected chi connectivity index (χ2v) is 4.25. The van der Waals surface area contributed by atoms with E-state index in [-0.39, 0.29) is 6.61 Å². The molecule has 1 aromatic carbocycles. The Hall–Kier alpha value is -1.69. The third kappa shape index (κ3) is 2.90. The molecular formula is C13H16N2O. The van der Waals surface area contributed by atoms with E-state index in [0.29, 0.717) is 6.04 Å². The number of rotatable bonds is 5. The van der Waals surface area contributed by atoms with Gasteiger partial charge in [-0.3, -0.25) is 0 Å². The zero-order valence-corrected chi connectivity index (χ0v) is 9.44. The molecule has 16 heavy (non-hydrogen) atoms. The Morgan fingerprint density at radius 1 is 1.56 bits per heavy atom. The fourth-order valence-corrected chi connectivity index (χ4v) is 1.77. The van der Waals surface area contributed by atoms with E-state index in [1.807, 2.05) is 30.3 Å². The van der Waals surface area contributed by atoms with Crippen LogP contribution < -0.4 is 10.1 Å². The smallest absolute Gasteiger partial charge is 0.174 e. The standard InChI is InChI=1S/C13H16N2O/c1-10(11-5-6-11)15-12-3-2-4-13(9-12)16-8-7-14/h2-4,9-11,15H,5-6,8H2,1H3. The molecule has 84 valence electrons. The SMILES string of the molecule is CC(Nc1cccc(OCC#N)c1)C1CC1. The number of nitrogens with zero attached hydrogens (tertiary/aromatic N) is 1. The molecule has 3 heteroatoms. The summed E-state index contributed by atoms with van der Waals surface area (Å²) in [6.45, 7) is 2.31. The molecule has 0 heterocycles. The number of benzene rings is 1. The molecule has 2 rings (SSSR count). The summed E-state index contributed by atoms with van der Waals surface area (Å²) in [6.07, 6.45) is 2.66. The lowest BCUT2D eigenvalue weighted by Crippen LogP contribution is -2.17. The van der Waals surface area contributed by atoms with Gasteiger partial charge in [-0.25, -0.2) is 0 Å². The maximum absolute atomic E-state index is 8.43. The fourth-order valence-electron chi connectivity index (χ4n) is 1.77. The second kappa shape index (κ2) is 4.89. The molecule has 1 aromatic rings. The zero-order valence-electron chi connectivity index (χ0n) is 9.44. The van der Waals surface area contributed by atoms with Gasteiger partial charge in [-0.05, 0) is 37.8 Å². The number of hydrogen-bond acceptors (Lipinski definition) is 3. The summed E-state index contributed by atoms with van der Waals surface area (Å²) < 4.78 is 5.25. The van der Waals surface area contributed by atoms with Crippen LogP contribution in [-0.2, 0) is 0 Å². The average molecular weight is 216 g/mol. The van der Waals surface area contributed by atoms with Crippen molar-refractivity contribution in [1.29, 1.82) is 5.26 Å². The first-order valence-corrected chi connectivity index (χ1v) is 5.66. The molecule has 1 aliphatic carbocycles. The van der Waals surface area contributed by atoms with Gasteiger partial charge in [-0.15, -0.1) is 0 Å². The average Bonchev–Trinajstić information content (AvgIpc) is 3.10. The molecule has 0 saturated heterocycles. The Bertz CT molecular complexity index is 393. The number of ether oxygens (including phenoxy) is 1. The molecular weight excluding hydrogens is 200 g/mol. The Morgan fingerprint density at radius 2 is 2.38 bits per heavy atom. The third-order valence-corrected chi connectivity index (χ3v) is 2.86. The molecule has 0 aromatic heterocycles. The van der Waals surface area contributed by atoms with Crippen LogP contribution in [0.1, 0.15) is 19.8 Å². The van der Waals surface area contributed by atoms with Gasteiger partial charge in [0, 0.05) is 17.8 Å². The van der Waals surface area contributed by atoms with Crippen molar-refractivity contribution in [1.82, 2.24) is 0 Å². The van der Waals surface area contributed by atoms with Crippen molar-refractivity contribution in [3.05, 3.63) is 24.3 Å². The molecule has 1 unspecified atom stereocenters. The van der Waals surface area contributed by atoms with E-state index in [1.165, 1.54) is 12.8 Å². The normalized spacial score (nSPS) is 16.2. The lowest BCUT2D eigenvalue weighted by Gasteiger charge is -2.14. The van der Waals surface area contributed by atoms with E-state index < -0.39 is 0 Å². The molecule has 1 atom stereocenters. The van der Waals surface area contributed by atoms with Gasteiger partial charge in [0.2, 0.25) is 0 Å². The van der Waals surface area contributed by atoms with Crippen LogP contribution in [-0.4, -0.2) is 12.6 Å². The Morgan fingerprint density at radius 3 is 3.06 bits per heavy atom. The summed E-state index contributed by atoms with van der Waals surface area (Å²) in [6, 6.07) is 10.3. The van der Waals surface area contributed by atoms with E-state index in [0.717, 1.165) is 17.4 Å². The largest absolute Gasteiger partial charge is 0.479 e. The molecule has 0 radical (unpaired) electrons. The van der Waals surface area contributed by atoms with Crippen molar-refractivity contribution in [3.8, 4) is 11.8 Å². The van der Waals surface area contributed by atoms with E-state index in [2.05, 4.69) is 12.2 Å². The Labute approximate surface area is 96.0 Å². The van der Waals surface area contributed by atoms with Crippen molar-refractivity contribution in [3.63, 3.8) is 0 Å². The molecule has 1 fully saturated rings. The van der Waals surface area contributed by atoms with Gasteiger partial charge in [0.25, 0.3) is 0 Å². The monoisotopic (exact) mass is 216 g/mol. The van der Waals surface area contributed by atoms with Crippen LogP contribution in [0.15, 0.2) is 24.3 Å².